The summed E-state index contributed by atoms with van der Waals surface area (Å²) in [5.74, 6) is -0.0479. The molecule has 6 heteroatoms. The van der Waals surface area contributed by atoms with E-state index in [-0.39, 0.29) is 18.4 Å². The number of halogens is 1. The fourth-order valence-corrected chi connectivity index (χ4v) is 3.10. The van der Waals surface area contributed by atoms with E-state index in [0.29, 0.717) is 5.02 Å². The third-order valence-electron chi connectivity index (χ3n) is 3.21. The first-order valence-corrected chi connectivity index (χ1v) is 7.83. The molecule has 2 aromatic heterocycles. The second kappa shape index (κ2) is 5.87. The van der Waals surface area contributed by atoms with Crippen molar-refractivity contribution in [3.8, 4) is 0 Å². The SMILES string of the molecule is CC(NC(=O)Cc1cn2ccsc2n1)c1cccc(Cl)c1. The molecule has 1 aromatic carbocycles. The van der Waals surface area contributed by atoms with Gasteiger partial charge < -0.3 is 5.32 Å². The highest BCUT2D eigenvalue weighted by Crippen LogP contribution is 2.17. The summed E-state index contributed by atoms with van der Waals surface area (Å²) in [5, 5.41) is 5.60. The molecule has 0 aliphatic heterocycles. The second-order valence-electron chi connectivity index (χ2n) is 4.85. The van der Waals surface area contributed by atoms with E-state index in [0.717, 1.165) is 16.2 Å². The zero-order valence-electron chi connectivity index (χ0n) is 11.4. The Kier molecular flexibility index (Phi) is 3.94. The quantitative estimate of drug-likeness (QED) is 0.800. The molecular formula is C15H14ClN3OS. The molecule has 0 saturated heterocycles. The van der Waals surface area contributed by atoms with Crippen LogP contribution in [-0.4, -0.2) is 15.3 Å². The van der Waals surface area contributed by atoms with E-state index in [1.807, 2.05) is 53.4 Å². The second-order valence-corrected chi connectivity index (χ2v) is 6.16. The summed E-state index contributed by atoms with van der Waals surface area (Å²) < 4.78 is 1.92. The largest absolute Gasteiger partial charge is 0.349 e. The minimum Gasteiger partial charge on any atom is -0.349 e. The highest BCUT2D eigenvalue weighted by molar-refractivity contribution is 7.15. The molecule has 1 N–H and O–H groups in total. The number of benzene rings is 1. The van der Waals surface area contributed by atoms with Crippen LogP contribution in [0.4, 0.5) is 0 Å². The molecule has 1 amide bonds. The number of amides is 1. The van der Waals surface area contributed by atoms with Crippen molar-refractivity contribution in [1.82, 2.24) is 14.7 Å². The van der Waals surface area contributed by atoms with E-state index in [9.17, 15) is 4.79 Å². The van der Waals surface area contributed by atoms with Gasteiger partial charge in [0.15, 0.2) is 4.96 Å². The van der Waals surface area contributed by atoms with Crippen molar-refractivity contribution < 1.29 is 4.79 Å². The molecule has 0 saturated carbocycles. The van der Waals surface area contributed by atoms with Crippen molar-refractivity contribution in [3.63, 3.8) is 0 Å². The number of fused-ring (bicyclic) bond motifs is 1. The van der Waals surface area contributed by atoms with Crippen molar-refractivity contribution in [2.75, 3.05) is 0 Å². The smallest absolute Gasteiger partial charge is 0.226 e. The Hall–Kier alpha value is -1.85. The fourth-order valence-electron chi connectivity index (χ4n) is 2.18. The van der Waals surface area contributed by atoms with Gasteiger partial charge in [-0.1, -0.05) is 23.7 Å². The molecule has 0 bridgehead atoms. The van der Waals surface area contributed by atoms with Crippen LogP contribution in [0.25, 0.3) is 4.96 Å². The summed E-state index contributed by atoms with van der Waals surface area (Å²) >= 11 is 7.52. The summed E-state index contributed by atoms with van der Waals surface area (Å²) in [6, 6.07) is 7.42. The molecule has 4 nitrogen and oxygen atoms in total. The number of nitrogens with zero attached hydrogens (tertiary/aromatic N) is 2. The van der Waals surface area contributed by atoms with Gasteiger partial charge in [0.1, 0.15) is 0 Å². The topological polar surface area (TPSA) is 46.4 Å². The lowest BCUT2D eigenvalue weighted by atomic mass is 10.1. The van der Waals surface area contributed by atoms with Crippen molar-refractivity contribution in [2.24, 2.45) is 0 Å². The number of hydrogen-bond donors (Lipinski definition) is 1. The van der Waals surface area contributed by atoms with Gasteiger partial charge in [-0.15, -0.1) is 11.3 Å². The summed E-state index contributed by atoms with van der Waals surface area (Å²) in [4.78, 5) is 17.4. The molecule has 3 aromatic rings. The molecule has 2 heterocycles. The molecular weight excluding hydrogens is 306 g/mol. The molecule has 1 atom stereocenters. The Morgan fingerprint density at radius 1 is 1.52 bits per heavy atom. The Morgan fingerprint density at radius 3 is 3.14 bits per heavy atom. The van der Waals surface area contributed by atoms with E-state index >= 15 is 0 Å². The van der Waals surface area contributed by atoms with Gasteiger partial charge in [-0.25, -0.2) is 4.98 Å². The normalized spacial score (nSPS) is 12.5. The first kappa shape index (κ1) is 14.1. The van der Waals surface area contributed by atoms with Gasteiger partial charge in [-0.3, -0.25) is 9.20 Å². The van der Waals surface area contributed by atoms with E-state index in [1.54, 1.807) is 11.3 Å². The monoisotopic (exact) mass is 319 g/mol. The number of imidazole rings is 1. The Morgan fingerprint density at radius 2 is 2.38 bits per heavy atom. The van der Waals surface area contributed by atoms with Crippen molar-refractivity contribution in [2.45, 2.75) is 19.4 Å². The average Bonchev–Trinajstić information content (AvgIpc) is 2.99. The Bertz CT molecular complexity index is 751. The molecule has 0 aliphatic carbocycles. The van der Waals surface area contributed by atoms with Gasteiger partial charge in [0.2, 0.25) is 5.91 Å². The molecule has 1 unspecified atom stereocenters. The zero-order chi connectivity index (χ0) is 14.8. The van der Waals surface area contributed by atoms with E-state index < -0.39 is 0 Å². The van der Waals surface area contributed by atoms with Crippen LogP contribution in [0.1, 0.15) is 24.2 Å². The number of nitrogens with one attached hydrogen (secondary N) is 1. The lowest BCUT2D eigenvalue weighted by Crippen LogP contribution is -2.28. The van der Waals surface area contributed by atoms with E-state index in [1.165, 1.54) is 0 Å². The third-order valence-corrected chi connectivity index (χ3v) is 4.22. The first-order valence-electron chi connectivity index (χ1n) is 6.58. The van der Waals surface area contributed by atoms with Gasteiger partial charge in [0.25, 0.3) is 0 Å². The Labute approximate surface area is 131 Å². The maximum atomic E-state index is 12.1. The zero-order valence-corrected chi connectivity index (χ0v) is 13.0. The van der Waals surface area contributed by atoms with Crippen molar-refractivity contribution in [1.29, 1.82) is 0 Å². The highest BCUT2D eigenvalue weighted by Gasteiger charge is 2.12. The summed E-state index contributed by atoms with van der Waals surface area (Å²) in [6.07, 6.45) is 4.10. The summed E-state index contributed by atoms with van der Waals surface area (Å²) in [7, 11) is 0. The standard InChI is InChI=1S/C15H14ClN3OS/c1-10(11-3-2-4-12(16)7-11)17-14(20)8-13-9-19-5-6-21-15(19)18-13/h2-7,9-10H,8H2,1H3,(H,17,20). The number of hydrogen-bond acceptors (Lipinski definition) is 3. The first-order chi connectivity index (χ1) is 10.1. The van der Waals surface area contributed by atoms with Gasteiger partial charge >= 0.3 is 0 Å². The van der Waals surface area contributed by atoms with Crippen LogP contribution < -0.4 is 5.32 Å². The Balaban J connectivity index is 1.64. The molecule has 0 aliphatic rings. The van der Waals surface area contributed by atoms with Gasteiger partial charge in [-0.2, -0.15) is 0 Å². The molecule has 0 spiro atoms. The van der Waals surface area contributed by atoms with Crippen LogP contribution in [0.15, 0.2) is 42.0 Å². The van der Waals surface area contributed by atoms with Crippen LogP contribution >= 0.6 is 22.9 Å². The molecule has 3 rings (SSSR count). The summed E-state index contributed by atoms with van der Waals surface area (Å²) in [5.41, 5.74) is 1.76. The summed E-state index contributed by atoms with van der Waals surface area (Å²) in [6.45, 7) is 1.94. The highest BCUT2D eigenvalue weighted by atomic mass is 35.5. The van der Waals surface area contributed by atoms with Crippen LogP contribution in [0.2, 0.25) is 5.02 Å². The number of carbonyl (C=O) groups is 1. The molecule has 0 radical (unpaired) electrons. The van der Waals surface area contributed by atoms with E-state index in [4.69, 9.17) is 11.6 Å². The molecule has 108 valence electrons. The van der Waals surface area contributed by atoms with Crippen LogP contribution in [0.5, 0.6) is 0 Å². The van der Waals surface area contributed by atoms with Crippen molar-refractivity contribution in [3.05, 3.63) is 58.3 Å². The minimum atomic E-state index is -0.0834. The lowest BCUT2D eigenvalue weighted by Gasteiger charge is -2.14. The van der Waals surface area contributed by atoms with Gasteiger partial charge in [-0.05, 0) is 24.6 Å². The minimum absolute atomic E-state index is 0.0479. The van der Waals surface area contributed by atoms with E-state index in [2.05, 4.69) is 10.3 Å². The number of aromatic nitrogens is 2. The molecule has 0 fully saturated rings. The number of rotatable bonds is 4. The maximum Gasteiger partial charge on any atom is 0.226 e. The van der Waals surface area contributed by atoms with Gasteiger partial charge in [0, 0.05) is 22.8 Å². The maximum absolute atomic E-state index is 12.1. The number of carbonyl (C=O) groups excluding carboxylic acids is 1. The lowest BCUT2D eigenvalue weighted by molar-refractivity contribution is -0.121. The number of thiazole rings is 1. The van der Waals surface area contributed by atoms with Gasteiger partial charge in [0.05, 0.1) is 18.2 Å². The third kappa shape index (κ3) is 3.25. The van der Waals surface area contributed by atoms with Crippen molar-refractivity contribution >= 4 is 33.8 Å². The predicted octanol–water partition coefficient (Wildman–Crippen LogP) is 3.47. The predicted molar refractivity (Wildman–Crippen MR) is 84.8 cm³/mol. The van der Waals surface area contributed by atoms with Crippen LogP contribution in [-0.2, 0) is 11.2 Å². The molecule has 21 heavy (non-hydrogen) atoms. The van der Waals surface area contributed by atoms with Crippen LogP contribution in [0.3, 0.4) is 0 Å². The van der Waals surface area contributed by atoms with Crippen LogP contribution in [0, 0.1) is 0 Å². The fraction of sp³-hybridized carbons (Fsp3) is 0.200. The average molecular weight is 320 g/mol.